The topological polar surface area (TPSA) is 33.2 Å². The number of aromatic amines is 1. The third-order valence-corrected chi connectivity index (χ3v) is 3.31. The summed E-state index contributed by atoms with van der Waals surface area (Å²) in [7, 11) is 0. The fraction of sp³-hybridized carbons (Fsp3) is 0.600. The molecule has 2 rings (SSSR count). The molecule has 1 aromatic heterocycles. The van der Waals surface area contributed by atoms with E-state index in [1.165, 1.54) is 0 Å². The average molecular weight is 257 g/mol. The summed E-state index contributed by atoms with van der Waals surface area (Å²) in [6.45, 7) is 5.75. The predicted molar refractivity (Wildman–Crippen MR) is 69.2 cm³/mol. The second kappa shape index (κ2) is 4.65. The van der Waals surface area contributed by atoms with E-state index >= 15 is 0 Å². The molecule has 0 saturated carbocycles. The van der Waals surface area contributed by atoms with Crippen LogP contribution in [0.25, 0.3) is 0 Å². The van der Waals surface area contributed by atoms with Gasteiger partial charge in [-0.2, -0.15) is 0 Å². The van der Waals surface area contributed by atoms with Gasteiger partial charge in [0.25, 0.3) is 0 Å². The summed E-state index contributed by atoms with van der Waals surface area (Å²) in [5, 5.41) is 0.744. The minimum atomic E-state index is 0.204. The molecule has 0 aromatic carbocycles. The van der Waals surface area contributed by atoms with Crippen molar-refractivity contribution in [3.63, 3.8) is 0 Å². The predicted octanol–water partition coefficient (Wildman–Crippen LogP) is 1.79. The van der Waals surface area contributed by atoms with Crippen LogP contribution < -0.4 is 0 Å². The van der Waals surface area contributed by atoms with Crippen molar-refractivity contribution in [1.29, 1.82) is 0 Å². The number of aromatic nitrogens is 2. The first kappa shape index (κ1) is 11.8. The number of nitrogens with zero attached hydrogens (tertiary/aromatic N) is 2. The number of thiocarbonyl (C=S) groups is 1. The fourth-order valence-electron chi connectivity index (χ4n) is 1.96. The van der Waals surface area contributed by atoms with Crippen LogP contribution in [0.3, 0.4) is 0 Å². The molecular weight excluding hydrogens is 242 g/mol. The standard InChI is InChI=1S/C10H15N3OS2/c1-7-5-12(6-8(2)14-7)10(16)13-4-3-11-9(13)15/h3-4,7-8H,5-6H2,1-2H3,(H,11,15)/t7-,8+. The summed E-state index contributed by atoms with van der Waals surface area (Å²) < 4.78 is 8.12. The third kappa shape index (κ3) is 2.34. The van der Waals surface area contributed by atoms with Crippen molar-refractivity contribution in [3.8, 4) is 0 Å². The van der Waals surface area contributed by atoms with Crippen LogP contribution in [-0.2, 0) is 4.74 Å². The first-order chi connectivity index (χ1) is 7.58. The highest BCUT2D eigenvalue weighted by molar-refractivity contribution is 7.80. The molecule has 0 amide bonds. The van der Waals surface area contributed by atoms with Gasteiger partial charge in [0.05, 0.1) is 12.2 Å². The lowest BCUT2D eigenvalue weighted by atomic mass is 10.2. The molecule has 16 heavy (non-hydrogen) atoms. The van der Waals surface area contributed by atoms with E-state index in [9.17, 15) is 0 Å². The van der Waals surface area contributed by atoms with Crippen LogP contribution in [0.1, 0.15) is 13.8 Å². The smallest absolute Gasteiger partial charge is 0.183 e. The largest absolute Gasteiger partial charge is 0.372 e. The Labute approximate surface area is 105 Å². The van der Waals surface area contributed by atoms with Gasteiger partial charge in [0, 0.05) is 25.5 Å². The highest BCUT2D eigenvalue weighted by Gasteiger charge is 2.24. The molecule has 4 nitrogen and oxygen atoms in total. The zero-order valence-electron chi connectivity index (χ0n) is 9.34. The van der Waals surface area contributed by atoms with Crippen molar-refractivity contribution >= 4 is 29.5 Å². The van der Waals surface area contributed by atoms with Crippen LogP contribution in [-0.4, -0.2) is 44.9 Å². The van der Waals surface area contributed by atoms with E-state index < -0.39 is 0 Å². The van der Waals surface area contributed by atoms with E-state index in [1.807, 2.05) is 10.8 Å². The van der Waals surface area contributed by atoms with Crippen molar-refractivity contribution in [2.75, 3.05) is 13.1 Å². The Morgan fingerprint density at radius 3 is 2.56 bits per heavy atom. The van der Waals surface area contributed by atoms with Gasteiger partial charge in [-0.1, -0.05) is 0 Å². The highest BCUT2D eigenvalue weighted by Crippen LogP contribution is 2.12. The molecule has 6 heteroatoms. The fourth-order valence-corrected chi connectivity index (χ4v) is 2.53. The van der Waals surface area contributed by atoms with E-state index in [4.69, 9.17) is 29.2 Å². The molecule has 0 bridgehead atoms. The number of ether oxygens (including phenoxy) is 1. The van der Waals surface area contributed by atoms with Crippen LogP contribution in [0.15, 0.2) is 12.4 Å². The molecule has 2 heterocycles. The zero-order valence-corrected chi connectivity index (χ0v) is 11.0. The van der Waals surface area contributed by atoms with Gasteiger partial charge in [0.1, 0.15) is 0 Å². The maximum absolute atomic E-state index is 5.67. The van der Waals surface area contributed by atoms with Gasteiger partial charge in [-0.25, -0.2) is 0 Å². The molecule has 1 N–H and O–H groups in total. The minimum absolute atomic E-state index is 0.204. The van der Waals surface area contributed by atoms with E-state index in [-0.39, 0.29) is 12.2 Å². The highest BCUT2D eigenvalue weighted by atomic mass is 32.1. The van der Waals surface area contributed by atoms with E-state index in [1.54, 1.807) is 6.20 Å². The SMILES string of the molecule is C[C@@H]1CN(C(=S)n2cc[nH]c2=S)C[C@H](C)O1. The van der Waals surface area contributed by atoms with E-state index in [0.29, 0.717) is 4.77 Å². The summed E-state index contributed by atoms with van der Waals surface area (Å²) in [5.74, 6) is 0. The second-order valence-corrected chi connectivity index (χ2v) is 4.83. The van der Waals surface area contributed by atoms with Crippen LogP contribution >= 0.6 is 24.4 Å². The molecule has 0 aliphatic carbocycles. The monoisotopic (exact) mass is 257 g/mol. The first-order valence-electron chi connectivity index (χ1n) is 5.28. The summed E-state index contributed by atoms with van der Waals surface area (Å²) in [4.78, 5) is 5.08. The van der Waals surface area contributed by atoms with Crippen molar-refractivity contribution in [2.24, 2.45) is 0 Å². The number of nitrogens with one attached hydrogen (secondary N) is 1. The van der Waals surface area contributed by atoms with E-state index in [0.717, 1.165) is 18.2 Å². The summed E-state index contributed by atoms with van der Waals surface area (Å²) in [6, 6.07) is 0. The number of rotatable bonds is 0. The van der Waals surface area contributed by atoms with Gasteiger partial charge in [-0.3, -0.25) is 4.57 Å². The van der Waals surface area contributed by atoms with Gasteiger partial charge in [-0.15, -0.1) is 0 Å². The second-order valence-electron chi connectivity index (χ2n) is 4.08. The Hall–Kier alpha value is -0.720. The van der Waals surface area contributed by atoms with Crippen LogP contribution in [0.4, 0.5) is 0 Å². The number of hydrogen-bond donors (Lipinski definition) is 1. The van der Waals surface area contributed by atoms with E-state index in [2.05, 4.69) is 23.7 Å². The van der Waals surface area contributed by atoms with Crippen LogP contribution in [0.2, 0.25) is 0 Å². The van der Waals surface area contributed by atoms with Gasteiger partial charge in [0.2, 0.25) is 0 Å². The summed E-state index contributed by atoms with van der Waals surface area (Å²) in [5.41, 5.74) is 0. The number of hydrogen-bond acceptors (Lipinski definition) is 3. The van der Waals surface area contributed by atoms with Crippen molar-refractivity contribution in [2.45, 2.75) is 26.1 Å². The maximum atomic E-state index is 5.67. The normalized spacial score (nSPS) is 25.8. The van der Waals surface area contributed by atoms with Gasteiger partial charge >= 0.3 is 0 Å². The summed E-state index contributed by atoms with van der Waals surface area (Å²) in [6.07, 6.45) is 4.06. The average Bonchev–Trinajstić information content (AvgIpc) is 2.62. The Kier molecular flexibility index (Phi) is 3.41. The Morgan fingerprint density at radius 1 is 1.44 bits per heavy atom. The van der Waals surface area contributed by atoms with Gasteiger partial charge in [-0.05, 0) is 38.3 Å². The van der Waals surface area contributed by atoms with Crippen molar-refractivity contribution < 1.29 is 4.74 Å². The molecular formula is C10H15N3OS2. The van der Waals surface area contributed by atoms with Crippen molar-refractivity contribution in [3.05, 3.63) is 17.2 Å². The minimum Gasteiger partial charge on any atom is -0.372 e. The molecule has 1 fully saturated rings. The molecule has 2 atom stereocenters. The Balaban J connectivity index is 2.16. The zero-order chi connectivity index (χ0) is 11.7. The number of morpholine rings is 1. The van der Waals surface area contributed by atoms with Gasteiger partial charge in [0.15, 0.2) is 9.88 Å². The number of imidazole rings is 1. The Bertz CT molecular complexity index is 429. The first-order valence-corrected chi connectivity index (χ1v) is 6.10. The lowest BCUT2D eigenvalue weighted by Crippen LogP contribution is -2.49. The molecule has 0 unspecified atom stereocenters. The van der Waals surface area contributed by atoms with Crippen LogP contribution in [0.5, 0.6) is 0 Å². The lowest BCUT2D eigenvalue weighted by Gasteiger charge is -2.36. The Morgan fingerprint density at radius 2 is 2.06 bits per heavy atom. The number of H-pyrrole nitrogens is 1. The summed E-state index contributed by atoms with van der Waals surface area (Å²) >= 11 is 10.6. The lowest BCUT2D eigenvalue weighted by molar-refractivity contribution is -0.0481. The third-order valence-electron chi connectivity index (χ3n) is 2.55. The van der Waals surface area contributed by atoms with Crippen molar-refractivity contribution in [1.82, 2.24) is 14.5 Å². The van der Waals surface area contributed by atoms with Crippen LogP contribution in [0, 0.1) is 4.77 Å². The molecule has 1 aliphatic rings. The molecule has 1 saturated heterocycles. The molecule has 88 valence electrons. The maximum Gasteiger partial charge on any atom is 0.183 e. The quantitative estimate of drug-likeness (QED) is 0.718. The molecule has 0 spiro atoms. The molecule has 1 aromatic rings. The molecule has 1 aliphatic heterocycles. The molecule has 0 radical (unpaired) electrons. The van der Waals surface area contributed by atoms with Gasteiger partial charge < -0.3 is 14.6 Å².